The van der Waals surface area contributed by atoms with Crippen LogP contribution < -0.4 is 5.32 Å². The van der Waals surface area contributed by atoms with Crippen LogP contribution in [0.2, 0.25) is 0 Å². The highest BCUT2D eigenvalue weighted by Gasteiger charge is 2.59. The molecule has 1 saturated heterocycles. The zero-order valence-corrected chi connectivity index (χ0v) is 29.1. The molecule has 47 heavy (non-hydrogen) atoms. The number of ether oxygens (including phenoxy) is 5. The van der Waals surface area contributed by atoms with Crippen LogP contribution in [0.3, 0.4) is 0 Å². The summed E-state index contributed by atoms with van der Waals surface area (Å²) in [5.41, 5.74) is 1.90. The van der Waals surface area contributed by atoms with Gasteiger partial charge < -0.3 is 29.0 Å². The number of carbonyl (C=O) groups is 4. The molecule has 3 saturated carbocycles. The van der Waals surface area contributed by atoms with Crippen LogP contribution in [0.15, 0.2) is 24.3 Å². The van der Waals surface area contributed by atoms with Crippen LogP contribution in [0.1, 0.15) is 106 Å². The first kappa shape index (κ1) is 35.6. The Hall–Kier alpha value is -2.72. The van der Waals surface area contributed by atoms with Crippen LogP contribution in [-0.2, 0) is 42.9 Å². The number of nitrogens with one attached hydrogen (secondary N) is 1. The highest BCUT2D eigenvalue weighted by atomic mass is 16.7. The fraction of sp³-hybridized carbons (Fsp3) is 0.784. The molecule has 1 heterocycles. The Morgan fingerprint density at radius 2 is 1.77 bits per heavy atom. The van der Waals surface area contributed by atoms with E-state index in [-0.39, 0.29) is 30.5 Å². The molecule has 4 fully saturated rings. The standard InChI is InChI=1S/C37H55NO9/c1-8-10-31(42)47-33-30(20-43-22(4)40)46-35(32(38-21(3)39)34(33)44-23(5)41)45-26-15-17-37(7)25(19-26)11-13-27-28-14-12-24(9-2)36(28,6)18-16-29(27)37/h9,11,24,26-30,32-35H,2,8,10,12-20H2,1,3-7H3,(H,38,39). The fourth-order valence-corrected chi connectivity index (χ4v) is 9.99. The summed E-state index contributed by atoms with van der Waals surface area (Å²) in [6.45, 7) is 14.6. The minimum atomic E-state index is -1.13. The van der Waals surface area contributed by atoms with E-state index in [1.165, 1.54) is 52.0 Å². The summed E-state index contributed by atoms with van der Waals surface area (Å²) in [7, 11) is 0. The molecule has 12 unspecified atom stereocenters. The van der Waals surface area contributed by atoms with Crippen molar-refractivity contribution < 1.29 is 42.9 Å². The third-order valence-electron chi connectivity index (χ3n) is 12.2. The molecule has 0 aromatic rings. The van der Waals surface area contributed by atoms with Crippen molar-refractivity contribution in [1.29, 1.82) is 0 Å². The van der Waals surface area contributed by atoms with Gasteiger partial charge in [-0.1, -0.05) is 38.5 Å². The number of hydrogen-bond acceptors (Lipinski definition) is 9. The first-order valence-corrected chi connectivity index (χ1v) is 17.7. The zero-order chi connectivity index (χ0) is 34.1. The van der Waals surface area contributed by atoms with E-state index in [1.54, 1.807) is 0 Å². The molecule has 4 aliphatic carbocycles. The topological polar surface area (TPSA) is 126 Å². The van der Waals surface area contributed by atoms with E-state index in [4.69, 9.17) is 23.7 Å². The highest BCUT2D eigenvalue weighted by molar-refractivity contribution is 5.74. The Morgan fingerprint density at radius 3 is 2.43 bits per heavy atom. The molecule has 0 spiro atoms. The third-order valence-corrected chi connectivity index (χ3v) is 12.2. The SMILES string of the molecule is C=CC1CCC2C3CC=C4CC(OC5OC(COC(C)=O)C(OC(=O)CCC)C(OC(C)=O)C5NC(C)=O)CCC4(C)C3CCC12C. The molecular weight excluding hydrogens is 602 g/mol. The van der Waals surface area contributed by atoms with E-state index < -0.39 is 48.6 Å². The van der Waals surface area contributed by atoms with Gasteiger partial charge in [0.1, 0.15) is 18.8 Å². The molecule has 12 atom stereocenters. The Balaban J connectivity index is 1.37. The second-order valence-electron chi connectivity index (χ2n) is 15.1. The quantitative estimate of drug-likeness (QED) is 0.182. The molecule has 10 nitrogen and oxygen atoms in total. The van der Waals surface area contributed by atoms with E-state index in [2.05, 4.69) is 37.9 Å². The number of allylic oxidation sites excluding steroid dienone is 2. The minimum absolute atomic E-state index is 0.109. The van der Waals surface area contributed by atoms with Gasteiger partial charge in [-0.3, -0.25) is 19.2 Å². The summed E-state index contributed by atoms with van der Waals surface area (Å²) < 4.78 is 29.8. The number of hydrogen-bond donors (Lipinski definition) is 1. The van der Waals surface area contributed by atoms with Crippen LogP contribution >= 0.6 is 0 Å². The van der Waals surface area contributed by atoms with Crippen molar-refractivity contribution in [3.8, 4) is 0 Å². The lowest BCUT2D eigenvalue weighted by Gasteiger charge is -2.58. The first-order chi connectivity index (χ1) is 22.3. The van der Waals surface area contributed by atoms with Crippen LogP contribution in [0, 0.1) is 34.5 Å². The van der Waals surface area contributed by atoms with E-state index in [0.29, 0.717) is 29.6 Å². The Kier molecular flexibility index (Phi) is 10.9. The van der Waals surface area contributed by atoms with Gasteiger partial charge in [-0.15, -0.1) is 6.58 Å². The van der Waals surface area contributed by atoms with Gasteiger partial charge in [0.25, 0.3) is 0 Å². The van der Waals surface area contributed by atoms with Crippen molar-refractivity contribution in [3.63, 3.8) is 0 Å². The van der Waals surface area contributed by atoms with Gasteiger partial charge in [0.15, 0.2) is 18.5 Å². The van der Waals surface area contributed by atoms with Crippen molar-refractivity contribution >= 4 is 23.8 Å². The summed E-state index contributed by atoms with van der Waals surface area (Å²) in [6.07, 6.45) is 9.53. The second kappa shape index (κ2) is 14.4. The van der Waals surface area contributed by atoms with Gasteiger partial charge in [0.05, 0.1) is 6.10 Å². The molecule has 10 heteroatoms. The summed E-state index contributed by atoms with van der Waals surface area (Å²) in [6, 6.07) is -0.960. The molecule has 0 aromatic heterocycles. The minimum Gasteiger partial charge on any atom is -0.463 e. The molecule has 5 aliphatic rings. The molecule has 0 radical (unpaired) electrons. The maximum atomic E-state index is 12.7. The largest absolute Gasteiger partial charge is 0.463 e. The van der Waals surface area contributed by atoms with Crippen molar-refractivity contribution in [2.75, 3.05) is 6.61 Å². The van der Waals surface area contributed by atoms with Crippen molar-refractivity contribution in [1.82, 2.24) is 5.32 Å². The molecule has 0 aromatic carbocycles. The molecule has 0 bridgehead atoms. The fourth-order valence-electron chi connectivity index (χ4n) is 9.99. The monoisotopic (exact) mass is 657 g/mol. The van der Waals surface area contributed by atoms with Gasteiger partial charge in [-0.25, -0.2) is 0 Å². The molecule has 1 amide bonds. The lowest BCUT2D eigenvalue weighted by molar-refractivity contribution is -0.290. The number of esters is 3. The number of rotatable bonds is 10. The molecule has 1 aliphatic heterocycles. The normalized spacial score (nSPS) is 40.9. The average molecular weight is 658 g/mol. The summed E-state index contributed by atoms with van der Waals surface area (Å²) in [5.74, 6) is 0.627. The van der Waals surface area contributed by atoms with Crippen molar-refractivity contribution in [2.45, 2.75) is 142 Å². The maximum absolute atomic E-state index is 12.7. The van der Waals surface area contributed by atoms with Gasteiger partial charge in [-0.2, -0.15) is 0 Å². The smallest absolute Gasteiger partial charge is 0.306 e. The van der Waals surface area contributed by atoms with Crippen LogP contribution in [-0.4, -0.2) is 67.2 Å². The maximum Gasteiger partial charge on any atom is 0.306 e. The van der Waals surface area contributed by atoms with Crippen LogP contribution in [0.5, 0.6) is 0 Å². The lowest BCUT2D eigenvalue weighted by Crippen LogP contribution is -2.67. The summed E-state index contributed by atoms with van der Waals surface area (Å²) >= 11 is 0. The van der Waals surface area contributed by atoms with Crippen molar-refractivity contribution in [2.24, 2.45) is 34.5 Å². The molecule has 5 rings (SSSR count). The Labute approximate surface area is 279 Å². The van der Waals surface area contributed by atoms with E-state index in [9.17, 15) is 19.2 Å². The van der Waals surface area contributed by atoms with Gasteiger partial charge in [0, 0.05) is 27.2 Å². The predicted octanol–water partition coefficient (Wildman–Crippen LogP) is 5.57. The third kappa shape index (κ3) is 7.19. The zero-order valence-electron chi connectivity index (χ0n) is 29.1. The molecule has 262 valence electrons. The van der Waals surface area contributed by atoms with E-state index >= 15 is 0 Å². The highest BCUT2D eigenvalue weighted by Crippen LogP contribution is 2.66. The van der Waals surface area contributed by atoms with Gasteiger partial charge >= 0.3 is 17.9 Å². The van der Waals surface area contributed by atoms with Crippen LogP contribution in [0.4, 0.5) is 0 Å². The van der Waals surface area contributed by atoms with E-state index in [0.717, 1.165) is 31.6 Å². The number of carbonyl (C=O) groups excluding carboxylic acids is 4. The summed E-state index contributed by atoms with van der Waals surface area (Å²) in [5, 5.41) is 2.84. The second-order valence-corrected chi connectivity index (χ2v) is 15.1. The first-order valence-electron chi connectivity index (χ1n) is 17.7. The molecular formula is C37H55NO9. The molecule has 1 N–H and O–H groups in total. The Morgan fingerprint density at radius 1 is 1.00 bits per heavy atom. The predicted molar refractivity (Wildman–Crippen MR) is 174 cm³/mol. The van der Waals surface area contributed by atoms with Gasteiger partial charge in [0.2, 0.25) is 5.91 Å². The lowest BCUT2D eigenvalue weighted by atomic mass is 9.47. The summed E-state index contributed by atoms with van der Waals surface area (Å²) in [4.78, 5) is 49.3. The number of fused-ring (bicyclic) bond motifs is 5. The average Bonchev–Trinajstić information content (AvgIpc) is 3.35. The van der Waals surface area contributed by atoms with E-state index in [1.807, 2.05) is 6.92 Å². The van der Waals surface area contributed by atoms with Gasteiger partial charge in [-0.05, 0) is 92.3 Å². The van der Waals surface area contributed by atoms with Crippen LogP contribution in [0.25, 0.3) is 0 Å². The number of amides is 1. The van der Waals surface area contributed by atoms with Crippen molar-refractivity contribution in [3.05, 3.63) is 24.3 Å². The Bertz CT molecular complexity index is 1250.